The van der Waals surface area contributed by atoms with Crippen molar-refractivity contribution in [3.8, 4) is 0 Å². The maximum atomic E-state index is 11.9. The van der Waals surface area contributed by atoms with Gasteiger partial charge in [0.1, 0.15) is 12.4 Å². The fourth-order valence-electron chi connectivity index (χ4n) is 1.31. The molecule has 0 heterocycles. The molecule has 1 N–H and O–H groups in total. The second-order valence-electron chi connectivity index (χ2n) is 4.19. The van der Waals surface area contributed by atoms with Gasteiger partial charge in [-0.1, -0.05) is 0 Å². The van der Waals surface area contributed by atoms with E-state index in [4.69, 9.17) is 0 Å². The predicted molar refractivity (Wildman–Crippen MR) is 80.7 cm³/mol. The molecule has 0 unspecified atom stereocenters. The molecule has 0 aliphatic heterocycles. The topological polar surface area (TPSA) is 114 Å². The van der Waals surface area contributed by atoms with E-state index in [1.807, 2.05) is 0 Å². The summed E-state index contributed by atoms with van der Waals surface area (Å²) in [4.78, 5) is 18.6. The van der Waals surface area contributed by atoms with E-state index in [9.17, 15) is 18.5 Å². The number of hydroxylamine groups is 1. The summed E-state index contributed by atoms with van der Waals surface area (Å²) in [5, 5.41) is 10.8. The number of hydrogen-bond acceptors (Lipinski definition) is 7. The van der Waals surface area contributed by atoms with Crippen LogP contribution in [-0.2, 0) is 14.9 Å². The molecule has 0 fully saturated rings. The third kappa shape index (κ3) is 4.62. The van der Waals surface area contributed by atoms with Gasteiger partial charge in [-0.15, -0.1) is 0 Å². The van der Waals surface area contributed by atoms with Crippen molar-refractivity contribution >= 4 is 21.9 Å². The predicted octanol–water partition coefficient (Wildman–Crippen LogP) is 0.908. The first kappa shape index (κ1) is 17.8. The highest BCUT2D eigenvalue weighted by atomic mass is 32.2. The zero-order valence-electron chi connectivity index (χ0n) is 12.3. The first-order valence-corrected chi connectivity index (χ1v) is 7.42. The van der Waals surface area contributed by atoms with Gasteiger partial charge in [-0.2, -0.15) is 0 Å². The second-order valence-corrected chi connectivity index (χ2v) is 6.34. The number of hydrogen-bond donors (Lipinski definition) is 1. The highest BCUT2D eigenvalue weighted by Crippen LogP contribution is 2.18. The largest absolute Gasteiger partial charge is 0.305 e. The van der Waals surface area contributed by atoms with Gasteiger partial charge in [0.15, 0.2) is 0 Å². The highest BCUT2D eigenvalue weighted by Gasteiger charge is 2.16. The fourth-order valence-corrected chi connectivity index (χ4v) is 2.21. The van der Waals surface area contributed by atoms with Gasteiger partial charge in [-0.05, 0) is 24.3 Å². The van der Waals surface area contributed by atoms with Gasteiger partial charge in [-0.25, -0.2) is 17.7 Å². The normalized spacial score (nSPS) is 12.8. The summed E-state index contributed by atoms with van der Waals surface area (Å²) in [6.07, 6.45) is 2.07. The van der Waals surface area contributed by atoms with E-state index in [1.54, 1.807) is 0 Å². The highest BCUT2D eigenvalue weighted by molar-refractivity contribution is 7.89. The van der Waals surface area contributed by atoms with Gasteiger partial charge < -0.3 is 0 Å². The quantitative estimate of drug-likeness (QED) is 0.452. The van der Waals surface area contributed by atoms with Crippen molar-refractivity contribution in [1.29, 1.82) is 0 Å². The Morgan fingerprint density at radius 1 is 1.36 bits per heavy atom. The van der Waals surface area contributed by atoms with Crippen LogP contribution in [-0.4, -0.2) is 45.1 Å². The van der Waals surface area contributed by atoms with Crippen LogP contribution in [0.2, 0.25) is 0 Å². The lowest BCUT2D eigenvalue weighted by molar-refractivity contribution is -0.415. The molecule has 0 amide bonds. The number of nitrogens with one attached hydrogen (secondary N) is 1. The van der Waals surface area contributed by atoms with Gasteiger partial charge in [0.25, 0.3) is 0 Å². The molecule has 1 aromatic carbocycles. The molecule has 1 aromatic rings. The van der Waals surface area contributed by atoms with Gasteiger partial charge in [0.05, 0.1) is 22.6 Å². The lowest BCUT2D eigenvalue weighted by Gasteiger charge is -2.10. The Morgan fingerprint density at radius 2 is 1.95 bits per heavy atom. The number of allylic oxidation sites excluding steroid dienone is 1. The summed E-state index contributed by atoms with van der Waals surface area (Å²) < 4.78 is 24.9. The van der Waals surface area contributed by atoms with Crippen molar-refractivity contribution in [1.82, 2.24) is 9.79 Å². The zero-order valence-corrected chi connectivity index (χ0v) is 13.1. The minimum atomic E-state index is -3.52. The number of nitro groups is 1. The number of benzene rings is 1. The molecule has 0 saturated heterocycles. The van der Waals surface area contributed by atoms with Crippen molar-refractivity contribution in [3.05, 3.63) is 46.3 Å². The third-order valence-electron chi connectivity index (χ3n) is 2.50. The zero-order chi connectivity index (χ0) is 16.8. The minimum Gasteiger partial charge on any atom is -0.280 e. The van der Waals surface area contributed by atoms with E-state index in [0.29, 0.717) is 5.69 Å². The van der Waals surface area contributed by atoms with E-state index < -0.39 is 14.9 Å². The van der Waals surface area contributed by atoms with Crippen molar-refractivity contribution in [2.24, 2.45) is 4.99 Å². The van der Waals surface area contributed by atoms with E-state index in [-0.39, 0.29) is 10.6 Å². The van der Waals surface area contributed by atoms with E-state index in [1.165, 1.54) is 45.5 Å². The van der Waals surface area contributed by atoms with Gasteiger partial charge in [0, 0.05) is 14.1 Å². The molecule has 0 radical (unpaired) electrons. The van der Waals surface area contributed by atoms with Crippen LogP contribution in [0.1, 0.15) is 0 Å². The SMILES string of the molecule is CONC=C(C=Nc1ccc(S(=O)(=O)N(C)C)cc1)[N+](=O)[O-]. The number of rotatable bonds is 7. The van der Waals surface area contributed by atoms with Gasteiger partial charge in [-0.3, -0.25) is 20.4 Å². The third-order valence-corrected chi connectivity index (χ3v) is 4.33. The average molecular weight is 328 g/mol. The Labute approximate surface area is 128 Å². The first-order chi connectivity index (χ1) is 10.3. The molecular weight excluding hydrogens is 312 g/mol. The van der Waals surface area contributed by atoms with Crippen molar-refractivity contribution in [3.63, 3.8) is 0 Å². The Morgan fingerprint density at radius 3 is 2.41 bits per heavy atom. The van der Waals surface area contributed by atoms with Crippen LogP contribution in [0.4, 0.5) is 5.69 Å². The molecule has 0 atom stereocenters. The Hall–Kier alpha value is -2.30. The molecule has 0 aromatic heterocycles. The summed E-state index contributed by atoms with van der Waals surface area (Å²) in [5.74, 6) is 0. The summed E-state index contributed by atoms with van der Waals surface area (Å²) in [7, 11) is 0.657. The van der Waals surface area contributed by atoms with E-state index >= 15 is 0 Å². The Bertz CT molecular complexity index is 680. The molecule has 0 saturated carbocycles. The van der Waals surface area contributed by atoms with E-state index in [0.717, 1.165) is 16.7 Å². The standard InChI is InChI=1S/C12H16N4O5S/c1-15(2)22(19,20)12-6-4-10(5-7-12)13-8-11(16(17)18)9-14-21-3/h4-9,14H,1-3H3. The minimum absolute atomic E-state index is 0.113. The fraction of sp³-hybridized carbons (Fsp3) is 0.250. The number of aliphatic imine (C=N–C) groups is 1. The van der Waals surface area contributed by atoms with Crippen molar-refractivity contribution in [2.75, 3.05) is 21.2 Å². The molecule has 0 aliphatic rings. The van der Waals surface area contributed by atoms with Gasteiger partial charge in [0.2, 0.25) is 10.0 Å². The molecule has 10 heteroatoms. The molecular formula is C12H16N4O5S. The molecule has 1 rings (SSSR count). The summed E-state index contributed by atoms with van der Waals surface area (Å²) >= 11 is 0. The van der Waals surface area contributed by atoms with Crippen LogP contribution in [0.25, 0.3) is 0 Å². The van der Waals surface area contributed by atoms with Crippen molar-refractivity contribution < 1.29 is 18.2 Å². The molecule has 120 valence electrons. The smallest absolute Gasteiger partial charge is 0.280 e. The van der Waals surface area contributed by atoms with Crippen LogP contribution >= 0.6 is 0 Å². The molecule has 0 aliphatic carbocycles. The molecule has 0 spiro atoms. The lowest BCUT2D eigenvalue weighted by Crippen LogP contribution is -2.21. The number of sulfonamides is 1. The van der Waals surface area contributed by atoms with Crippen molar-refractivity contribution in [2.45, 2.75) is 4.90 Å². The van der Waals surface area contributed by atoms with Gasteiger partial charge >= 0.3 is 5.70 Å². The second kappa shape index (κ2) is 7.64. The Kier molecular flexibility index (Phi) is 6.16. The maximum Gasteiger partial charge on any atom is 0.305 e. The lowest BCUT2D eigenvalue weighted by atomic mass is 10.3. The number of nitrogens with zero attached hydrogens (tertiary/aromatic N) is 3. The summed E-state index contributed by atoms with van der Waals surface area (Å²) in [5.41, 5.74) is 2.29. The molecule has 0 bridgehead atoms. The maximum absolute atomic E-state index is 11.9. The first-order valence-electron chi connectivity index (χ1n) is 5.98. The van der Waals surface area contributed by atoms with E-state index in [2.05, 4.69) is 15.3 Å². The monoisotopic (exact) mass is 328 g/mol. The summed E-state index contributed by atoms with van der Waals surface area (Å²) in [6.45, 7) is 0. The van der Waals surface area contributed by atoms with Crippen LogP contribution in [0.5, 0.6) is 0 Å². The van der Waals surface area contributed by atoms with Crippen LogP contribution in [0.3, 0.4) is 0 Å². The summed E-state index contributed by atoms with van der Waals surface area (Å²) in [6, 6.07) is 5.66. The molecule has 9 nitrogen and oxygen atoms in total. The Balaban J connectivity index is 2.97. The van der Waals surface area contributed by atoms with Crippen LogP contribution in [0.15, 0.2) is 46.1 Å². The molecule has 22 heavy (non-hydrogen) atoms. The van der Waals surface area contributed by atoms with Crippen LogP contribution < -0.4 is 5.48 Å². The van der Waals surface area contributed by atoms with Crippen LogP contribution in [0, 0.1) is 10.1 Å². The average Bonchev–Trinajstić information content (AvgIpc) is 2.47.